The Bertz CT molecular complexity index is 526. The maximum Gasteiger partial charge on any atom is 0.328 e. The quantitative estimate of drug-likeness (QED) is 0.604. The summed E-state index contributed by atoms with van der Waals surface area (Å²) in [5, 5.41) is 11.1. The summed E-state index contributed by atoms with van der Waals surface area (Å²) in [6, 6.07) is 8.36. The first-order valence-electron chi connectivity index (χ1n) is 6.68. The van der Waals surface area contributed by atoms with Crippen LogP contribution in [0.1, 0.15) is 12.0 Å². The van der Waals surface area contributed by atoms with E-state index >= 15 is 0 Å². The van der Waals surface area contributed by atoms with Crippen molar-refractivity contribution < 1.29 is 14.7 Å². The number of anilines is 1. The van der Waals surface area contributed by atoms with Gasteiger partial charge in [-0.1, -0.05) is 18.2 Å². The standard InChI is InChI=1S/C15H18N2O3/c18-14(6-7-15(19)20)16-9-3-10-17-11-8-12-4-1-2-5-13(12)17/h1-2,4-7H,3,8-11H2,(H,16,18)(H,19,20)/b7-6+. The first-order chi connectivity index (χ1) is 9.66. The molecule has 1 aromatic rings. The second-order valence-corrected chi connectivity index (χ2v) is 4.68. The fourth-order valence-electron chi connectivity index (χ4n) is 2.33. The molecule has 2 rings (SSSR count). The molecule has 5 nitrogen and oxygen atoms in total. The SMILES string of the molecule is O=C(O)/C=C/C(=O)NCCCN1CCc2ccccc21. The Labute approximate surface area is 117 Å². The van der Waals surface area contributed by atoms with E-state index in [1.807, 2.05) is 6.07 Å². The van der Waals surface area contributed by atoms with E-state index in [1.54, 1.807) is 0 Å². The van der Waals surface area contributed by atoms with Crippen molar-refractivity contribution >= 4 is 17.6 Å². The number of benzene rings is 1. The molecule has 0 saturated heterocycles. The van der Waals surface area contributed by atoms with Gasteiger partial charge in [0.1, 0.15) is 0 Å². The van der Waals surface area contributed by atoms with E-state index in [0.29, 0.717) is 6.54 Å². The molecule has 0 spiro atoms. The van der Waals surface area contributed by atoms with Crippen LogP contribution in [-0.4, -0.2) is 36.6 Å². The number of carboxylic acids is 1. The molecule has 0 bridgehead atoms. The number of nitrogens with one attached hydrogen (secondary N) is 1. The highest BCUT2D eigenvalue weighted by atomic mass is 16.4. The monoisotopic (exact) mass is 274 g/mol. The van der Waals surface area contributed by atoms with Gasteiger partial charge < -0.3 is 15.3 Å². The summed E-state index contributed by atoms with van der Waals surface area (Å²) in [7, 11) is 0. The van der Waals surface area contributed by atoms with E-state index < -0.39 is 5.97 Å². The van der Waals surface area contributed by atoms with Crippen molar-refractivity contribution in [3.05, 3.63) is 42.0 Å². The summed E-state index contributed by atoms with van der Waals surface area (Å²) in [4.78, 5) is 23.8. The molecule has 5 heteroatoms. The molecule has 2 N–H and O–H groups in total. The van der Waals surface area contributed by atoms with Crippen LogP contribution in [0, 0.1) is 0 Å². The number of fused-ring (bicyclic) bond motifs is 1. The number of para-hydroxylation sites is 1. The lowest BCUT2D eigenvalue weighted by atomic mass is 10.2. The lowest BCUT2D eigenvalue weighted by Gasteiger charge is -2.19. The minimum absolute atomic E-state index is 0.366. The normalized spacial score (nSPS) is 13.5. The van der Waals surface area contributed by atoms with Crippen molar-refractivity contribution in [2.24, 2.45) is 0 Å². The third-order valence-electron chi connectivity index (χ3n) is 3.26. The highest BCUT2D eigenvalue weighted by Crippen LogP contribution is 2.27. The summed E-state index contributed by atoms with van der Waals surface area (Å²) < 4.78 is 0. The molecular formula is C15H18N2O3. The second-order valence-electron chi connectivity index (χ2n) is 4.68. The van der Waals surface area contributed by atoms with Crippen molar-refractivity contribution in [1.29, 1.82) is 0 Å². The van der Waals surface area contributed by atoms with Crippen LogP contribution in [0.5, 0.6) is 0 Å². The number of nitrogens with zero attached hydrogens (tertiary/aromatic N) is 1. The largest absolute Gasteiger partial charge is 0.478 e. The molecule has 0 radical (unpaired) electrons. The van der Waals surface area contributed by atoms with Crippen LogP contribution in [-0.2, 0) is 16.0 Å². The zero-order chi connectivity index (χ0) is 14.4. The minimum atomic E-state index is -1.12. The van der Waals surface area contributed by atoms with Gasteiger partial charge in [-0.05, 0) is 24.5 Å². The molecule has 1 heterocycles. The van der Waals surface area contributed by atoms with Gasteiger partial charge in [-0.15, -0.1) is 0 Å². The first kappa shape index (κ1) is 14.1. The molecule has 0 saturated carbocycles. The summed E-state index contributed by atoms with van der Waals surface area (Å²) >= 11 is 0. The van der Waals surface area contributed by atoms with Gasteiger partial charge in [0, 0.05) is 37.5 Å². The predicted octanol–water partition coefficient (Wildman–Crippen LogP) is 1.20. The van der Waals surface area contributed by atoms with Crippen molar-refractivity contribution in [2.75, 3.05) is 24.5 Å². The van der Waals surface area contributed by atoms with E-state index in [1.165, 1.54) is 11.3 Å². The van der Waals surface area contributed by atoms with E-state index in [0.717, 1.165) is 38.1 Å². The zero-order valence-corrected chi connectivity index (χ0v) is 11.2. The van der Waals surface area contributed by atoms with Crippen molar-refractivity contribution in [3.63, 3.8) is 0 Å². The second kappa shape index (κ2) is 6.75. The number of hydrogen-bond acceptors (Lipinski definition) is 3. The minimum Gasteiger partial charge on any atom is -0.478 e. The van der Waals surface area contributed by atoms with E-state index in [2.05, 4.69) is 28.4 Å². The third-order valence-corrected chi connectivity index (χ3v) is 3.26. The van der Waals surface area contributed by atoms with Crippen LogP contribution in [0.2, 0.25) is 0 Å². The molecule has 0 unspecified atom stereocenters. The molecule has 20 heavy (non-hydrogen) atoms. The molecular weight excluding hydrogens is 256 g/mol. The average molecular weight is 274 g/mol. The first-order valence-corrected chi connectivity index (χ1v) is 6.68. The number of carbonyl (C=O) groups excluding carboxylic acids is 1. The Kier molecular flexibility index (Phi) is 4.76. The van der Waals surface area contributed by atoms with Crippen molar-refractivity contribution in [3.8, 4) is 0 Å². The highest BCUT2D eigenvalue weighted by molar-refractivity contribution is 5.93. The number of hydrogen-bond donors (Lipinski definition) is 2. The molecule has 0 aliphatic carbocycles. The molecule has 1 amide bonds. The van der Waals surface area contributed by atoms with Gasteiger partial charge in [0.05, 0.1) is 0 Å². The highest BCUT2D eigenvalue weighted by Gasteiger charge is 2.17. The summed E-state index contributed by atoms with van der Waals surface area (Å²) in [6.45, 7) is 2.45. The smallest absolute Gasteiger partial charge is 0.328 e. The van der Waals surface area contributed by atoms with E-state index in [-0.39, 0.29) is 5.91 Å². The van der Waals surface area contributed by atoms with Gasteiger partial charge in [-0.2, -0.15) is 0 Å². The third kappa shape index (κ3) is 3.85. The van der Waals surface area contributed by atoms with Crippen LogP contribution in [0.15, 0.2) is 36.4 Å². The van der Waals surface area contributed by atoms with Crippen LogP contribution in [0.4, 0.5) is 5.69 Å². The Morgan fingerprint density at radius 1 is 1.30 bits per heavy atom. The van der Waals surface area contributed by atoms with Crippen molar-refractivity contribution in [2.45, 2.75) is 12.8 Å². The van der Waals surface area contributed by atoms with Gasteiger partial charge >= 0.3 is 5.97 Å². The number of amides is 1. The Morgan fingerprint density at radius 3 is 2.90 bits per heavy atom. The van der Waals surface area contributed by atoms with E-state index in [9.17, 15) is 9.59 Å². The molecule has 1 aliphatic rings. The lowest BCUT2D eigenvalue weighted by molar-refractivity contribution is -0.131. The molecule has 1 aliphatic heterocycles. The molecule has 0 atom stereocenters. The Balaban J connectivity index is 1.70. The molecule has 0 fully saturated rings. The predicted molar refractivity (Wildman–Crippen MR) is 76.8 cm³/mol. The zero-order valence-electron chi connectivity index (χ0n) is 11.2. The lowest BCUT2D eigenvalue weighted by Crippen LogP contribution is -2.28. The fraction of sp³-hybridized carbons (Fsp3) is 0.333. The summed E-state index contributed by atoms with van der Waals surface area (Å²) in [5.41, 5.74) is 2.66. The van der Waals surface area contributed by atoms with Crippen LogP contribution in [0.3, 0.4) is 0 Å². The van der Waals surface area contributed by atoms with Gasteiger partial charge in [-0.3, -0.25) is 4.79 Å². The fourth-order valence-corrected chi connectivity index (χ4v) is 2.33. The maximum absolute atomic E-state index is 11.3. The maximum atomic E-state index is 11.3. The van der Waals surface area contributed by atoms with Crippen molar-refractivity contribution in [1.82, 2.24) is 5.32 Å². The number of carboxylic acid groups (broad SMARTS) is 1. The summed E-state index contributed by atoms with van der Waals surface area (Å²) in [5.74, 6) is -1.48. The summed E-state index contributed by atoms with van der Waals surface area (Å²) in [6.07, 6.45) is 3.78. The van der Waals surface area contributed by atoms with Gasteiger partial charge in [0.15, 0.2) is 0 Å². The number of carbonyl (C=O) groups is 2. The molecule has 1 aromatic carbocycles. The number of aliphatic carboxylic acids is 1. The molecule has 106 valence electrons. The van der Waals surface area contributed by atoms with E-state index in [4.69, 9.17) is 5.11 Å². The Hall–Kier alpha value is -2.30. The van der Waals surface area contributed by atoms with Gasteiger partial charge in [0.25, 0.3) is 0 Å². The number of rotatable bonds is 6. The van der Waals surface area contributed by atoms with Crippen LogP contribution in [0.25, 0.3) is 0 Å². The Morgan fingerprint density at radius 2 is 2.10 bits per heavy atom. The molecule has 0 aromatic heterocycles. The average Bonchev–Trinajstić information content (AvgIpc) is 2.85. The van der Waals surface area contributed by atoms with Gasteiger partial charge in [0.2, 0.25) is 5.91 Å². The topological polar surface area (TPSA) is 69.6 Å². The van der Waals surface area contributed by atoms with Crippen LogP contribution >= 0.6 is 0 Å². The van der Waals surface area contributed by atoms with Crippen LogP contribution < -0.4 is 10.2 Å². The van der Waals surface area contributed by atoms with Gasteiger partial charge in [-0.25, -0.2) is 4.79 Å².